The molecule has 0 aliphatic heterocycles. The van der Waals surface area contributed by atoms with Crippen LogP contribution in [0.5, 0.6) is 0 Å². The molecule has 0 unspecified atom stereocenters. The SMILES string of the molecule is O=[N+]([O-])c1cc(F)ccc1-c1ccsc1[N+](=O)[O-]. The predicted octanol–water partition coefficient (Wildman–Crippen LogP) is 3.37. The minimum atomic E-state index is -0.764. The summed E-state index contributed by atoms with van der Waals surface area (Å²) < 4.78 is 13.0. The van der Waals surface area contributed by atoms with Crippen molar-refractivity contribution >= 4 is 22.0 Å². The van der Waals surface area contributed by atoms with Gasteiger partial charge in [-0.05, 0) is 23.6 Å². The van der Waals surface area contributed by atoms with Gasteiger partial charge >= 0.3 is 5.00 Å². The highest BCUT2D eigenvalue weighted by Crippen LogP contribution is 2.39. The number of rotatable bonds is 3. The Morgan fingerprint density at radius 3 is 2.39 bits per heavy atom. The van der Waals surface area contributed by atoms with Gasteiger partial charge in [0.05, 0.1) is 27.0 Å². The van der Waals surface area contributed by atoms with E-state index in [9.17, 15) is 24.6 Å². The largest absolute Gasteiger partial charge is 0.332 e. The highest BCUT2D eigenvalue weighted by atomic mass is 32.1. The summed E-state index contributed by atoms with van der Waals surface area (Å²) in [5.41, 5.74) is -0.331. The molecule has 0 saturated heterocycles. The van der Waals surface area contributed by atoms with Crippen LogP contribution >= 0.6 is 11.3 Å². The molecule has 0 atom stereocenters. The van der Waals surface area contributed by atoms with E-state index in [2.05, 4.69) is 0 Å². The molecule has 18 heavy (non-hydrogen) atoms. The Bertz CT molecular complexity index is 641. The van der Waals surface area contributed by atoms with Crippen LogP contribution in [0.3, 0.4) is 0 Å². The first-order chi connectivity index (χ1) is 8.50. The Balaban J connectivity index is 2.67. The molecule has 0 aliphatic carbocycles. The molecular weight excluding hydrogens is 263 g/mol. The van der Waals surface area contributed by atoms with E-state index in [-0.39, 0.29) is 16.1 Å². The Hall–Kier alpha value is -2.35. The zero-order chi connectivity index (χ0) is 13.3. The Labute approximate surface area is 104 Å². The number of halogens is 1. The van der Waals surface area contributed by atoms with Gasteiger partial charge in [-0.2, -0.15) is 0 Å². The van der Waals surface area contributed by atoms with E-state index in [0.717, 1.165) is 23.5 Å². The molecule has 92 valence electrons. The lowest BCUT2D eigenvalue weighted by Gasteiger charge is -2.00. The van der Waals surface area contributed by atoms with Gasteiger partial charge in [-0.1, -0.05) is 11.3 Å². The molecule has 0 fully saturated rings. The summed E-state index contributed by atoms with van der Waals surface area (Å²) in [5.74, 6) is -0.761. The molecule has 1 heterocycles. The smallest absolute Gasteiger partial charge is 0.258 e. The summed E-state index contributed by atoms with van der Waals surface area (Å²) in [5, 5.41) is 22.9. The summed E-state index contributed by atoms with van der Waals surface area (Å²) in [4.78, 5) is 20.2. The van der Waals surface area contributed by atoms with Gasteiger partial charge in [0, 0.05) is 0 Å². The Morgan fingerprint density at radius 1 is 1.06 bits per heavy atom. The molecule has 8 heteroatoms. The van der Waals surface area contributed by atoms with Gasteiger partial charge in [0.15, 0.2) is 0 Å². The van der Waals surface area contributed by atoms with Crippen molar-refractivity contribution in [3.8, 4) is 11.1 Å². The number of hydrogen-bond donors (Lipinski definition) is 0. The van der Waals surface area contributed by atoms with Crippen LogP contribution in [-0.4, -0.2) is 9.85 Å². The maximum Gasteiger partial charge on any atom is 0.332 e. The van der Waals surface area contributed by atoms with Crippen LogP contribution in [0.15, 0.2) is 29.6 Å². The lowest BCUT2D eigenvalue weighted by atomic mass is 10.1. The maximum atomic E-state index is 13.0. The summed E-state index contributed by atoms with van der Waals surface area (Å²) in [6.45, 7) is 0. The second kappa shape index (κ2) is 4.49. The molecular formula is C10H5FN2O4S. The molecule has 2 aromatic rings. The number of nitro benzene ring substituents is 1. The molecule has 0 radical (unpaired) electrons. The fourth-order valence-electron chi connectivity index (χ4n) is 1.53. The number of benzene rings is 1. The van der Waals surface area contributed by atoms with Gasteiger partial charge in [0.1, 0.15) is 5.82 Å². The Morgan fingerprint density at radius 2 is 1.78 bits per heavy atom. The third-order valence-electron chi connectivity index (χ3n) is 2.26. The highest BCUT2D eigenvalue weighted by molar-refractivity contribution is 7.13. The summed E-state index contributed by atoms with van der Waals surface area (Å²) in [7, 11) is 0. The zero-order valence-electron chi connectivity index (χ0n) is 8.70. The van der Waals surface area contributed by atoms with Crippen molar-refractivity contribution in [2.75, 3.05) is 0 Å². The third kappa shape index (κ3) is 2.05. The lowest BCUT2D eigenvalue weighted by Crippen LogP contribution is -1.94. The minimum absolute atomic E-state index is 0.0364. The number of hydrogen-bond acceptors (Lipinski definition) is 5. The second-order valence-corrected chi connectivity index (χ2v) is 4.21. The standard InChI is InChI=1S/C10H5FN2O4S/c11-6-1-2-7(9(5-6)12(14)15)8-3-4-18-10(8)13(16)17/h1-5H. The topological polar surface area (TPSA) is 86.3 Å². The van der Waals surface area contributed by atoms with Crippen LogP contribution in [0.1, 0.15) is 0 Å². The van der Waals surface area contributed by atoms with E-state index in [4.69, 9.17) is 0 Å². The molecule has 0 bridgehead atoms. The molecule has 0 amide bonds. The average molecular weight is 268 g/mol. The van der Waals surface area contributed by atoms with E-state index in [1.165, 1.54) is 17.5 Å². The van der Waals surface area contributed by atoms with Crippen molar-refractivity contribution in [2.45, 2.75) is 0 Å². The van der Waals surface area contributed by atoms with Crippen LogP contribution < -0.4 is 0 Å². The van der Waals surface area contributed by atoms with E-state index >= 15 is 0 Å². The number of thiophene rings is 1. The molecule has 0 saturated carbocycles. The second-order valence-electron chi connectivity index (χ2n) is 3.32. The van der Waals surface area contributed by atoms with E-state index in [1.807, 2.05) is 0 Å². The molecule has 1 aromatic carbocycles. The minimum Gasteiger partial charge on any atom is -0.258 e. The molecule has 0 aliphatic rings. The van der Waals surface area contributed by atoms with Crippen LogP contribution in [0.25, 0.3) is 11.1 Å². The third-order valence-corrected chi connectivity index (χ3v) is 3.12. The van der Waals surface area contributed by atoms with E-state index in [0.29, 0.717) is 0 Å². The fraction of sp³-hybridized carbons (Fsp3) is 0. The maximum absolute atomic E-state index is 13.0. The van der Waals surface area contributed by atoms with Gasteiger partial charge < -0.3 is 0 Å². The van der Waals surface area contributed by atoms with Crippen molar-refractivity contribution in [2.24, 2.45) is 0 Å². The van der Waals surface area contributed by atoms with E-state index in [1.54, 1.807) is 0 Å². The van der Waals surface area contributed by atoms with Crippen molar-refractivity contribution < 1.29 is 14.2 Å². The van der Waals surface area contributed by atoms with Gasteiger partial charge in [-0.25, -0.2) is 4.39 Å². The first kappa shape index (κ1) is 12.1. The van der Waals surface area contributed by atoms with Crippen LogP contribution in [0.4, 0.5) is 15.1 Å². The van der Waals surface area contributed by atoms with Gasteiger partial charge in [-0.3, -0.25) is 20.2 Å². The fourth-order valence-corrected chi connectivity index (χ4v) is 2.26. The Kier molecular flexibility index (Phi) is 3.02. The van der Waals surface area contributed by atoms with Crippen LogP contribution in [0, 0.1) is 26.0 Å². The van der Waals surface area contributed by atoms with E-state index < -0.39 is 21.4 Å². The zero-order valence-corrected chi connectivity index (χ0v) is 9.52. The summed E-state index contributed by atoms with van der Waals surface area (Å²) in [6, 6.07) is 4.35. The van der Waals surface area contributed by atoms with Gasteiger partial charge in [-0.15, -0.1) is 0 Å². The quantitative estimate of drug-likeness (QED) is 0.630. The number of nitrogens with zero attached hydrogens (tertiary/aromatic N) is 2. The monoisotopic (exact) mass is 268 g/mol. The van der Waals surface area contributed by atoms with Gasteiger partial charge in [0.25, 0.3) is 5.69 Å². The molecule has 6 nitrogen and oxygen atoms in total. The normalized spacial score (nSPS) is 10.3. The van der Waals surface area contributed by atoms with Crippen molar-refractivity contribution in [3.63, 3.8) is 0 Å². The van der Waals surface area contributed by atoms with Crippen molar-refractivity contribution in [1.82, 2.24) is 0 Å². The van der Waals surface area contributed by atoms with Crippen molar-refractivity contribution in [3.05, 3.63) is 55.7 Å². The average Bonchev–Trinajstić information content (AvgIpc) is 2.77. The molecule has 1 aromatic heterocycles. The molecule has 0 N–H and O–H groups in total. The molecule has 2 rings (SSSR count). The van der Waals surface area contributed by atoms with Crippen LogP contribution in [0.2, 0.25) is 0 Å². The first-order valence-electron chi connectivity index (χ1n) is 4.67. The summed E-state index contributed by atoms with van der Waals surface area (Å²) in [6.07, 6.45) is 0. The summed E-state index contributed by atoms with van der Waals surface area (Å²) >= 11 is 0.862. The highest BCUT2D eigenvalue weighted by Gasteiger charge is 2.24. The van der Waals surface area contributed by atoms with Crippen molar-refractivity contribution in [1.29, 1.82) is 0 Å². The lowest BCUT2D eigenvalue weighted by molar-refractivity contribution is -0.385. The predicted molar refractivity (Wildman–Crippen MR) is 63.0 cm³/mol. The molecule has 0 spiro atoms. The van der Waals surface area contributed by atoms with Crippen LogP contribution in [-0.2, 0) is 0 Å². The van der Waals surface area contributed by atoms with Gasteiger partial charge in [0.2, 0.25) is 0 Å². The number of nitro groups is 2. The first-order valence-corrected chi connectivity index (χ1v) is 5.55.